The van der Waals surface area contributed by atoms with Gasteiger partial charge in [0.25, 0.3) is 5.91 Å². The van der Waals surface area contributed by atoms with E-state index in [9.17, 15) is 23.1 Å². The molecular weight excluding hydrogens is 331 g/mol. The molecule has 0 bridgehead atoms. The number of aromatic hydroxyl groups is 1. The second kappa shape index (κ2) is 7.26. The zero-order chi connectivity index (χ0) is 19.6. The van der Waals surface area contributed by atoms with Gasteiger partial charge in [0.15, 0.2) is 0 Å². The molecule has 0 unspecified atom stereocenters. The van der Waals surface area contributed by atoms with Gasteiger partial charge in [-0.2, -0.15) is 13.2 Å². The molecule has 0 atom stereocenters. The molecule has 0 aliphatic carbocycles. The number of halogens is 3. The van der Waals surface area contributed by atoms with Crippen LogP contribution in [0.25, 0.3) is 0 Å². The summed E-state index contributed by atoms with van der Waals surface area (Å²) in [6.45, 7) is 9.87. The van der Waals surface area contributed by atoms with Crippen molar-refractivity contribution in [3.8, 4) is 5.75 Å². The number of alkyl halides is 3. The van der Waals surface area contributed by atoms with Gasteiger partial charge in [0.05, 0.1) is 11.0 Å². The van der Waals surface area contributed by atoms with E-state index in [2.05, 4.69) is 5.32 Å². The Hall–Kier alpha value is -1.72. The van der Waals surface area contributed by atoms with Crippen LogP contribution in [0, 0.1) is 0 Å². The lowest BCUT2D eigenvalue weighted by Crippen LogP contribution is -2.37. The highest BCUT2D eigenvalue weighted by atomic mass is 19.4. The predicted octanol–water partition coefficient (Wildman–Crippen LogP) is 5.06. The van der Waals surface area contributed by atoms with Crippen molar-refractivity contribution in [2.45, 2.75) is 71.4 Å². The van der Waals surface area contributed by atoms with Crippen LogP contribution in [0.4, 0.5) is 13.2 Å². The molecule has 1 aromatic rings. The van der Waals surface area contributed by atoms with Crippen molar-refractivity contribution in [1.29, 1.82) is 0 Å². The number of nitrogens with one attached hydrogen (secondary N) is 1. The maximum atomic E-state index is 13.5. The Bertz CT molecular complexity index is 629. The molecule has 0 saturated carbocycles. The van der Waals surface area contributed by atoms with E-state index < -0.39 is 22.9 Å². The SMILES string of the molecule is CCCCNC(=O)c1cc(C(C)(C)C(F)(F)F)cc(C(C)(C)C)c1O. The van der Waals surface area contributed by atoms with Gasteiger partial charge in [-0.15, -0.1) is 0 Å². The summed E-state index contributed by atoms with van der Waals surface area (Å²) in [5.41, 5.74) is -2.58. The number of amides is 1. The van der Waals surface area contributed by atoms with Gasteiger partial charge in [0.1, 0.15) is 5.75 Å². The third kappa shape index (κ3) is 4.67. The molecule has 1 rings (SSSR count). The summed E-state index contributed by atoms with van der Waals surface area (Å²) in [7, 11) is 0. The fourth-order valence-electron chi connectivity index (χ4n) is 2.38. The lowest BCUT2D eigenvalue weighted by atomic mass is 9.77. The van der Waals surface area contributed by atoms with Gasteiger partial charge in [-0.25, -0.2) is 0 Å². The lowest BCUT2D eigenvalue weighted by molar-refractivity contribution is -0.180. The molecule has 0 heterocycles. The van der Waals surface area contributed by atoms with E-state index in [0.717, 1.165) is 32.8 Å². The number of phenols is 1. The third-order valence-electron chi connectivity index (χ3n) is 4.41. The van der Waals surface area contributed by atoms with E-state index in [4.69, 9.17) is 0 Å². The summed E-state index contributed by atoms with van der Waals surface area (Å²) in [5.74, 6) is -0.820. The number of benzene rings is 1. The van der Waals surface area contributed by atoms with Crippen LogP contribution in [0.15, 0.2) is 12.1 Å². The van der Waals surface area contributed by atoms with Crippen LogP contribution in [0.3, 0.4) is 0 Å². The quantitative estimate of drug-likeness (QED) is 0.722. The summed E-state index contributed by atoms with van der Waals surface area (Å²) < 4.78 is 40.4. The van der Waals surface area contributed by atoms with Gasteiger partial charge in [-0.1, -0.05) is 40.2 Å². The van der Waals surface area contributed by atoms with E-state index in [1.54, 1.807) is 20.8 Å². The molecule has 6 heteroatoms. The van der Waals surface area contributed by atoms with Crippen LogP contribution in [-0.4, -0.2) is 23.7 Å². The first kappa shape index (κ1) is 21.3. The molecule has 0 aliphatic rings. The van der Waals surface area contributed by atoms with Crippen molar-refractivity contribution in [2.24, 2.45) is 0 Å². The first-order chi connectivity index (χ1) is 11.2. The maximum absolute atomic E-state index is 13.5. The van der Waals surface area contributed by atoms with E-state index in [1.165, 1.54) is 6.07 Å². The minimum absolute atomic E-state index is 0.0385. The van der Waals surface area contributed by atoms with Crippen molar-refractivity contribution in [2.75, 3.05) is 6.54 Å². The molecule has 1 amide bonds. The number of carbonyl (C=O) groups is 1. The highest BCUT2D eigenvalue weighted by Crippen LogP contribution is 2.44. The smallest absolute Gasteiger partial charge is 0.397 e. The maximum Gasteiger partial charge on any atom is 0.397 e. The minimum Gasteiger partial charge on any atom is -0.507 e. The van der Waals surface area contributed by atoms with Gasteiger partial charge in [0.2, 0.25) is 0 Å². The summed E-state index contributed by atoms with van der Waals surface area (Å²) in [6, 6.07) is 2.50. The van der Waals surface area contributed by atoms with Gasteiger partial charge in [0, 0.05) is 12.1 Å². The highest BCUT2D eigenvalue weighted by Gasteiger charge is 2.49. The summed E-state index contributed by atoms with van der Waals surface area (Å²) in [6.07, 6.45) is -2.85. The Kier molecular flexibility index (Phi) is 6.19. The molecule has 0 aromatic heterocycles. The van der Waals surface area contributed by atoms with Crippen LogP contribution in [0.1, 0.15) is 75.9 Å². The molecule has 142 valence electrons. The zero-order valence-electron chi connectivity index (χ0n) is 15.8. The third-order valence-corrected chi connectivity index (χ3v) is 4.41. The molecule has 0 radical (unpaired) electrons. The van der Waals surface area contributed by atoms with Crippen LogP contribution in [-0.2, 0) is 10.8 Å². The van der Waals surface area contributed by atoms with Crippen LogP contribution in [0.5, 0.6) is 5.75 Å². The van der Waals surface area contributed by atoms with Crippen LogP contribution in [0.2, 0.25) is 0 Å². The van der Waals surface area contributed by atoms with E-state index in [0.29, 0.717) is 12.1 Å². The van der Waals surface area contributed by atoms with Gasteiger partial charge in [-0.05, 0) is 37.3 Å². The Morgan fingerprint density at radius 3 is 2.12 bits per heavy atom. The number of hydrogen-bond donors (Lipinski definition) is 2. The van der Waals surface area contributed by atoms with E-state index >= 15 is 0 Å². The van der Waals surface area contributed by atoms with Crippen molar-refractivity contribution < 1.29 is 23.1 Å². The molecule has 2 N–H and O–H groups in total. The summed E-state index contributed by atoms with van der Waals surface area (Å²) >= 11 is 0. The molecule has 0 aliphatic heterocycles. The topological polar surface area (TPSA) is 49.3 Å². The van der Waals surface area contributed by atoms with Gasteiger partial charge < -0.3 is 10.4 Å². The van der Waals surface area contributed by atoms with Crippen molar-refractivity contribution in [1.82, 2.24) is 5.32 Å². The first-order valence-electron chi connectivity index (χ1n) is 8.46. The zero-order valence-corrected chi connectivity index (χ0v) is 15.8. The summed E-state index contributed by atoms with van der Waals surface area (Å²) in [4.78, 5) is 12.4. The standard InChI is InChI=1S/C19H28F3NO2/c1-7-8-9-23-16(25)13-10-12(18(5,6)19(20,21)22)11-14(15(13)24)17(2,3)4/h10-11,24H,7-9H2,1-6H3,(H,23,25). The van der Waals surface area contributed by atoms with Gasteiger partial charge >= 0.3 is 6.18 Å². The Balaban J connectivity index is 3.52. The van der Waals surface area contributed by atoms with Crippen molar-refractivity contribution in [3.05, 3.63) is 28.8 Å². The molecule has 0 fully saturated rings. The molecular formula is C19H28F3NO2. The van der Waals surface area contributed by atoms with Crippen molar-refractivity contribution in [3.63, 3.8) is 0 Å². The van der Waals surface area contributed by atoms with Crippen molar-refractivity contribution >= 4 is 5.91 Å². The molecule has 0 saturated heterocycles. The number of unbranched alkanes of at least 4 members (excludes halogenated alkanes) is 1. The Morgan fingerprint density at radius 2 is 1.68 bits per heavy atom. The number of carbonyl (C=O) groups excluding carboxylic acids is 1. The number of rotatable bonds is 5. The largest absolute Gasteiger partial charge is 0.507 e. The van der Waals surface area contributed by atoms with E-state index in [1.807, 2.05) is 6.92 Å². The average molecular weight is 359 g/mol. The normalized spacial score (nSPS) is 13.0. The number of phenolic OH excluding ortho intramolecular Hbond substituents is 1. The molecule has 3 nitrogen and oxygen atoms in total. The molecule has 1 aromatic carbocycles. The average Bonchev–Trinajstić information content (AvgIpc) is 2.44. The fourth-order valence-corrected chi connectivity index (χ4v) is 2.38. The first-order valence-corrected chi connectivity index (χ1v) is 8.46. The predicted molar refractivity (Wildman–Crippen MR) is 93.1 cm³/mol. The number of hydrogen-bond acceptors (Lipinski definition) is 2. The highest BCUT2D eigenvalue weighted by molar-refractivity contribution is 5.97. The monoisotopic (exact) mass is 359 g/mol. The molecule has 0 spiro atoms. The van der Waals surface area contributed by atoms with Crippen LogP contribution >= 0.6 is 0 Å². The van der Waals surface area contributed by atoms with E-state index in [-0.39, 0.29) is 16.9 Å². The second-order valence-corrected chi connectivity index (χ2v) is 7.90. The summed E-state index contributed by atoms with van der Waals surface area (Å²) in [5, 5.41) is 13.2. The Morgan fingerprint density at radius 1 is 1.12 bits per heavy atom. The lowest BCUT2D eigenvalue weighted by Gasteiger charge is -2.31. The minimum atomic E-state index is -4.48. The Labute approximate surface area is 147 Å². The molecule has 25 heavy (non-hydrogen) atoms. The fraction of sp³-hybridized carbons (Fsp3) is 0.632. The van der Waals surface area contributed by atoms with Gasteiger partial charge in [-0.3, -0.25) is 4.79 Å². The van der Waals surface area contributed by atoms with Crippen LogP contribution < -0.4 is 5.32 Å². The second-order valence-electron chi connectivity index (χ2n) is 7.90.